The van der Waals surface area contributed by atoms with Crippen LogP contribution >= 0.6 is 0 Å². The van der Waals surface area contributed by atoms with Crippen molar-refractivity contribution in [1.29, 1.82) is 0 Å². The van der Waals surface area contributed by atoms with Gasteiger partial charge in [0.2, 0.25) is 15.9 Å². The molecule has 10 nitrogen and oxygen atoms in total. The second-order valence-electron chi connectivity index (χ2n) is 13.4. The van der Waals surface area contributed by atoms with Crippen molar-refractivity contribution in [2.45, 2.75) is 84.3 Å². The summed E-state index contributed by atoms with van der Waals surface area (Å²) >= 11 is 0. The normalized spacial score (nSPS) is 17.4. The number of amides is 2. The number of anilines is 2. The molecule has 45 heavy (non-hydrogen) atoms. The zero-order valence-corrected chi connectivity index (χ0v) is 28.5. The molecule has 0 aliphatic carbocycles. The maximum atomic E-state index is 13.6. The van der Waals surface area contributed by atoms with E-state index in [0.29, 0.717) is 44.2 Å². The highest BCUT2D eigenvalue weighted by molar-refractivity contribution is 7.89. The Balaban J connectivity index is 1.31. The summed E-state index contributed by atoms with van der Waals surface area (Å²) in [7, 11) is -3.56. The quantitative estimate of drug-likeness (QED) is 0.356. The molecule has 1 unspecified atom stereocenters. The standard InChI is InChI=1S/C34H47N5O5S/c1-23-19-24(2)31(36-15-17-37(18-16-36)33(41)44-34(5,6)7)21-29(23)35-32(40)26(4)39-22-25(3)28-20-27(11-12-30(28)39)45(42,43)38-13-9-8-10-14-38/h11-12,19-22,26H,8-10,13-18H2,1-7H3,(H,35,40). The number of hydrogen-bond acceptors (Lipinski definition) is 6. The van der Waals surface area contributed by atoms with Crippen molar-refractivity contribution in [3.05, 3.63) is 53.2 Å². The molecule has 2 fully saturated rings. The van der Waals surface area contributed by atoms with Gasteiger partial charge in [-0.25, -0.2) is 13.2 Å². The van der Waals surface area contributed by atoms with Crippen molar-refractivity contribution >= 4 is 44.3 Å². The Hall–Kier alpha value is -3.57. The number of sulfonamides is 1. The first-order valence-electron chi connectivity index (χ1n) is 15.9. The number of piperazine rings is 1. The third-order valence-corrected chi connectivity index (χ3v) is 10.7. The van der Waals surface area contributed by atoms with E-state index in [1.54, 1.807) is 21.3 Å². The first-order valence-corrected chi connectivity index (χ1v) is 17.4. The summed E-state index contributed by atoms with van der Waals surface area (Å²) in [6, 6.07) is 8.78. The van der Waals surface area contributed by atoms with Gasteiger partial charge in [-0.15, -0.1) is 0 Å². The molecule has 3 heterocycles. The molecule has 2 saturated heterocycles. The maximum Gasteiger partial charge on any atom is 0.410 e. The summed E-state index contributed by atoms with van der Waals surface area (Å²) in [6.07, 6.45) is 4.46. The molecule has 0 radical (unpaired) electrons. The van der Waals surface area contributed by atoms with Gasteiger partial charge in [0.25, 0.3) is 0 Å². The van der Waals surface area contributed by atoms with E-state index in [1.807, 2.05) is 64.4 Å². The van der Waals surface area contributed by atoms with Gasteiger partial charge < -0.3 is 24.4 Å². The molecule has 1 aromatic heterocycles. The Labute approximate surface area is 267 Å². The van der Waals surface area contributed by atoms with E-state index in [1.165, 1.54) is 0 Å². The Morgan fingerprint density at radius 2 is 1.53 bits per heavy atom. The van der Waals surface area contributed by atoms with E-state index in [4.69, 9.17) is 4.74 Å². The van der Waals surface area contributed by atoms with Crippen LogP contribution in [-0.4, -0.2) is 79.1 Å². The third kappa shape index (κ3) is 6.99. The molecule has 5 rings (SSSR count). The summed E-state index contributed by atoms with van der Waals surface area (Å²) in [4.78, 5) is 30.5. The predicted molar refractivity (Wildman–Crippen MR) is 179 cm³/mol. The predicted octanol–water partition coefficient (Wildman–Crippen LogP) is 6.00. The molecule has 0 bridgehead atoms. The van der Waals surface area contributed by atoms with Gasteiger partial charge >= 0.3 is 6.09 Å². The lowest BCUT2D eigenvalue weighted by molar-refractivity contribution is -0.118. The average Bonchev–Trinajstić information content (AvgIpc) is 3.33. The van der Waals surface area contributed by atoms with E-state index in [0.717, 1.165) is 58.2 Å². The van der Waals surface area contributed by atoms with E-state index in [9.17, 15) is 18.0 Å². The molecule has 11 heteroatoms. The number of aromatic nitrogens is 1. The number of benzene rings is 2. The number of fused-ring (bicyclic) bond motifs is 1. The number of aryl methyl sites for hydroxylation is 3. The monoisotopic (exact) mass is 637 g/mol. The number of carbonyl (C=O) groups excluding carboxylic acids is 2. The lowest BCUT2D eigenvalue weighted by Crippen LogP contribution is -2.50. The summed E-state index contributed by atoms with van der Waals surface area (Å²) in [5.74, 6) is -0.162. The van der Waals surface area contributed by atoms with Crippen LogP contribution in [0.25, 0.3) is 10.9 Å². The van der Waals surface area contributed by atoms with Crippen LogP contribution in [0.1, 0.15) is 69.7 Å². The number of nitrogens with one attached hydrogen (secondary N) is 1. The minimum absolute atomic E-state index is 0.162. The van der Waals surface area contributed by atoms with Crippen LogP contribution in [0.15, 0.2) is 41.4 Å². The van der Waals surface area contributed by atoms with Crippen LogP contribution in [0, 0.1) is 20.8 Å². The molecule has 2 aromatic carbocycles. The van der Waals surface area contributed by atoms with Gasteiger partial charge in [-0.1, -0.05) is 12.5 Å². The summed E-state index contributed by atoms with van der Waals surface area (Å²) in [5.41, 5.74) is 5.03. The van der Waals surface area contributed by atoms with Crippen LogP contribution in [0.4, 0.5) is 16.2 Å². The zero-order valence-electron chi connectivity index (χ0n) is 27.6. The molecular formula is C34H47N5O5S. The van der Waals surface area contributed by atoms with Crippen molar-refractivity contribution in [2.24, 2.45) is 0 Å². The minimum Gasteiger partial charge on any atom is -0.444 e. The fraction of sp³-hybridized carbons (Fsp3) is 0.529. The van der Waals surface area contributed by atoms with Gasteiger partial charge in [0.15, 0.2) is 0 Å². The van der Waals surface area contributed by atoms with E-state index in [2.05, 4.69) is 23.2 Å². The molecule has 244 valence electrons. The highest BCUT2D eigenvalue weighted by atomic mass is 32.2. The number of piperidine rings is 1. The summed E-state index contributed by atoms with van der Waals surface area (Å²) < 4.78 is 35.7. The summed E-state index contributed by atoms with van der Waals surface area (Å²) in [6.45, 7) is 17.0. The van der Waals surface area contributed by atoms with Crippen LogP contribution in [0.5, 0.6) is 0 Å². The second kappa shape index (κ2) is 12.7. The maximum absolute atomic E-state index is 13.6. The van der Waals surface area contributed by atoms with Crippen molar-refractivity contribution in [2.75, 3.05) is 49.5 Å². The van der Waals surface area contributed by atoms with E-state index in [-0.39, 0.29) is 12.0 Å². The van der Waals surface area contributed by atoms with E-state index < -0.39 is 21.7 Å². The molecule has 2 amide bonds. The van der Waals surface area contributed by atoms with Gasteiger partial charge in [0.05, 0.1) is 4.90 Å². The number of carbonyl (C=O) groups is 2. The van der Waals surface area contributed by atoms with Gasteiger partial charge in [0, 0.05) is 67.7 Å². The highest BCUT2D eigenvalue weighted by Crippen LogP contribution is 2.32. The van der Waals surface area contributed by atoms with Crippen molar-refractivity contribution in [3.8, 4) is 0 Å². The van der Waals surface area contributed by atoms with Crippen molar-refractivity contribution < 1.29 is 22.7 Å². The summed E-state index contributed by atoms with van der Waals surface area (Å²) in [5, 5.41) is 3.97. The van der Waals surface area contributed by atoms with Gasteiger partial charge in [-0.2, -0.15) is 4.31 Å². The largest absolute Gasteiger partial charge is 0.444 e. The molecule has 1 atom stereocenters. The Morgan fingerprint density at radius 3 is 2.18 bits per heavy atom. The van der Waals surface area contributed by atoms with Crippen LogP contribution in [-0.2, 0) is 19.6 Å². The Bertz CT molecular complexity index is 1690. The third-order valence-electron chi connectivity index (χ3n) is 8.83. The molecule has 2 aliphatic rings. The van der Waals surface area contributed by atoms with E-state index >= 15 is 0 Å². The van der Waals surface area contributed by atoms with Crippen molar-refractivity contribution in [3.63, 3.8) is 0 Å². The van der Waals surface area contributed by atoms with Crippen LogP contribution in [0.3, 0.4) is 0 Å². The number of nitrogens with zero attached hydrogens (tertiary/aromatic N) is 4. The lowest BCUT2D eigenvalue weighted by atomic mass is 10.1. The first kappa shape index (κ1) is 32.8. The highest BCUT2D eigenvalue weighted by Gasteiger charge is 2.29. The SMILES string of the molecule is Cc1cc(C)c(N2CCN(C(=O)OC(C)(C)C)CC2)cc1NC(=O)C(C)n1cc(C)c2cc(S(=O)(=O)N3CCCCC3)ccc21. The zero-order chi connectivity index (χ0) is 32.7. The number of rotatable bonds is 6. The number of hydrogen-bond donors (Lipinski definition) is 1. The van der Waals surface area contributed by atoms with Gasteiger partial charge in [0.1, 0.15) is 11.6 Å². The van der Waals surface area contributed by atoms with Crippen molar-refractivity contribution in [1.82, 2.24) is 13.8 Å². The molecule has 1 N–H and O–H groups in total. The molecule has 3 aromatic rings. The second-order valence-corrected chi connectivity index (χ2v) is 15.4. The Kier molecular flexibility index (Phi) is 9.24. The number of ether oxygens (including phenoxy) is 1. The fourth-order valence-corrected chi connectivity index (χ4v) is 7.82. The first-order chi connectivity index (χ1) is 21.2. The molecular weight excluding hydrogens is 590 g/mol. The van der Waals surface area contributed by atoms with Gasteiger partial charge in [-0.05, 0) is 102 Å². The topological polar surface area (TPSA) is 104 Å². The minimum atomic E-state index is -3.56. The smallest absolute Gasteiger partial charge is 0.410 e. The molecule has 2 aliphatic heterocycles. The lowest BCUT2D eigenvalue weighted by Gasteiger charge is -2.37. The fourth-order valence-electron chi connectivity index (χ4n) is 6.28. The Morgan fingerprint density at radius 1 is 0.867 bits per heavy atom. The van der Waals surface area contributed by atoms with Crippen LogP contribution in [0.2, 0.25) is 0 Å². The van der Waals surface area contributed by atoms with Gasteiger partial charge in [-0.3, -0.25) is 4.79 Å². The molecule has 0 saturated carbocycles. The average molecular weight is 638 g/mol. The van der Waals surface area contributed by atoms with Crippen LogP contribution < -0.4 is 10.2 Å². The molecule has 0 spiro atoms.